The van der Waals surface area contributed by atoms with Crippen molar-refractivity contribution in [3.8, 4) is 0 Å². The number of hydrogen-bond donors (Lipinski definition) is 0. The van der Waals surface area contributed by atoms with Crippen molar-refractivity contribution in [1.29, 1.82) is 0 Å². The van der Waals surface area contributed by atoms with Gasteiger partial charge in [-0.2, -0.15) is 0 Å². The van der Waals surface area contributed by atoms with Crippen LogP contribution in [0, 0.1) is 0 Å². The molecule has 0 aliphatic rings. The zero-order chi connectivity index (χ0) is 9.40. The molecular formula is C10H14O2. The molecule has 0 aliphatic heterocycles. The zero-order valence-electron chi connectivity index (χ0n) is 7.38. The lowest BCUT2D eigenvalue weighted by Crippen LogP contribution is -1.95. The second-order valence-corrected chi connectivity index (χ2v) is 2.62. The number of carbonyl (C=O) groups excluding carboxylic acids is 2. The second kappa shape index (κ2) is 6.53. The maximum atomic E-state index is 10.9. The summed E-state index contributed by atoms with van der Waals surface area (Å²) in [6.07, 6.45) is 6.24. The van der Waals surface area contributed by atoms with Crippen LogP contribution < -0.4 is 0 Å². The first-order chi connectivity index (χ1) is 5.66. The molecule has 0 amide bonds. The number of allylic oxidation sites excluding steroid dienone is 3. The summed E-state index contributed by atoms with van der Waals surface area (Å²) in [7, 11) is 0. The minimum Gasteiger partial charge on any atom is -0.300 e. The molecule has 0 saturated carbocycles. The third kappa shape index (κ3) is 6.93. The van der Waals surface area contributed by atoms with Gasteiger partial charge in [-0.15, -0.1) is 0 Å². The molecule has 12 heavy (non-hydrogen) atoms. The van der Waals surface area contributed by atoms with Crippen LogP contribution >= 0.6 is 0 Å². The van der Waals surface area contributed by atoms with Gasteiger partial charge < -0.3 is 4.79 Å². The molecule has 0 aromatic heterocycles. The van der Waals surface area contributed by atoms with Crippen molar-refractivity contribution in [3.05, 3.63) is 24.8 Å². The van der Waals surface area contributed by atoms with E-state index in [0.717, 1.165) is 0 Å². The molecule has 0 aliphatic carbocycles. The van der Waals surface area contributed by atoms with Gasteiger partial charge >= 0.3 is 0 Å². The molecule has 0 aromatic carbocycles. The van der Waals surface area contributed by atoms with E-state index in [4.69, 9.17) is 0 Å². The van der Waals surface area contributed by atoms with Crippen molar-refractivity contribution < 1.29 is 9.59 Å². The first kappa shape index (κ1) is 10.8. The Morgan fingerprint density at radius 3 is 2.50 bits per heavy atom. The summed E-state index contributed by atoms with van der Waals surface area (Å²) < 4.78 is 0. The van der Waals surface area contributed by atoms with Crippen molar-refractivity contribution in [1.82, 2.24) is 0 Å². The Morgan fingerprint density at radius 1 is 1.33 bits per heavy atom. The molecule has 0 unspecified atom stereocenters. The summed E-state index contributed by atoms with van der Waals surface area (Å²) >= 11 is 0. The van der Waals surface area contributed by atoms with Crippen molar-refractivity contribution in [2.45, 2.75) is 26.2 Å². The van der Waals surface area contributed by atoms with Gasteiger partial charge in [-0.3, -0.25) is 4.79 Å². The van der Waals surface area contributed by atoms with Crippen LogP contribution in [0.4, 0.5) is 0 Å². The molecular weight excluding hydrogens is 152 g/mol. The fraction of sp³-hybridized carbons (Fsp3) is 0.400. The Kier molecular flexibility index (Phi) is 5.88. The molecule has 0 fully saturated rings. The highest BCUT2D eigenvalue weighted by atomic mass is 16.1. The minimum atomic E-state index is 0.0520. The number of rotatable bonds is 6. The van der Waals surface area contributed by atoms with Crippen LogP contribution in [0.25, 0.3) is 0 Å². The van der Waals surface area contributed by atoms with Crippen LogP contribution in [-0.4, -0.2) is 11.6 Å². The lowest BCUT2D eigenvalue weighted by Gasteiger charge is -1.92. The van der Waals surface area contributed by atoms with Crippen molar-refractivity contribution >= 4 is 11.6 Å². The highest BCUT2D eigenvalue weighted by molar-refractivity contribution is 5.90. The fourth-order valence-corrected chi connectivity index (χ4v) is 0.770. The summed E-state index contributed by atoms with van der Waals surface area (Å²) in [5.74, 6) is 0.187. The SMILES string of the molecule is C=CC=CC(=O)CCCC(C)=O. The Balaban J connectivity index is 3.50. The van der Waals surface area contributed by atoms with Crippen molar-refractivity contribution in [2.24, 2.45) is 0 Å². The topological polar surface area (TPSA) is 34.1 Å². The lowest BCUT2D eigenvalue weighted by molar-refractivity contribution is -0.117. The zero-order valence-corrected chi connectivity index (χ0v) is 7.38. The quantitative estimate of drug-likeness (QED) is 0.447. The van der Waals surface area contributed by atoms with Crippen LogP contribution in [0.15, 0.2) is 24.8 Å². The van der Waals surface area contributed by atoms with E-state index >= 15 is 0 Å². The van der Waals surface area contributed by atoms with Gasteiger partial charge in [0.2, 0.25) is 0 Å². The van der Waals surface area contributed by atoms with E-state index in [1.165, 1.54) is 13.0 Å². The fourth-order valence-electron chi connectivity index (χ4n) is 0.770. The summed E-state index contributed by atoms with van der Waals surface area (Å²) in [5.41, 5.74) is 0. The molecule has 0 aromatic rings. The largest absolute Gasteiger partial charge is 0.300 e. The molecule has 66 valence electrons. The van der Waals surface area contributed by atoms with Crippen molar-refractivity contribution in [3.63, 3.8) is 0 Å². The molecule has 0 radical (unpaired) electrons. The van der Waals surface area contributed by atoms with E-state index < -0.39 is 0 Å². The maximum absolute atomic E-state index is 10.9. The van der Waals surface area contributed by atoms with E-state index in [0.29, 0.717) is 19.3 Å². The predicted molar refractivity (Wildman–Crippen MR) is 48.9 cm³/mol. The Bertz CT molecular complexity index is 202. The predicted octanol–water partition coefficient (Wildman–Crippen LogP) is 2.06. The van der Waals surface area contributed by atoms with E-state index in [-0.39, 0.29) is 11.6 Å². The summed E-state index contributed by atoms with van der Waals surface area (Å²) in [4.78, 5) is 21.4. The molecule has 0 bridgehead atoms. The highest BCUT2D eigenvalue weighted by Gasteiger charge is 1.97. The van der Waals surface area contributed by atoms with E-state index in [1.54, 1.807) is 12.2 Å². The van der Waals surface area contributed by atoms with E-state index in [1.807, 2.05) is 0 Å². The van der Waals surface area contributed by atoms with Gasteiger partial charge in [-0.1, -0.05) is 18.7 Å². The van der Waals surface area contributed by atoms with Crippen LogP contribution in [0.3, 0.4) is 0 Å². The number of hydrogen-bond acceptors (Lipinski definition) is 2. The maximum Gasteiger partial charge on any atom is 0.155 e. The highest BCUT2D eigenvalue weighted by Crippen LogP contribution is 1.98. The van der Waals surface area contributed by atoms with Gasteiger partial charge in [0.05, 0.1) is 0 Å². The van der Waals surface area contributed by atoms with E-state index in [2.05, 4.69) is 6.58 Å². The average Bonchev–Trinajstić information content (AvgIpc) is 2.00. The van der Waals surface area contributed by atoms with Gasteiger partial charge in [0, 0.05) is 12.8 Å². The van der Waals surface area contributed by atoms with Crippen LogP contribution in [0.2, 0.25) is 0 Å². The molecule has 0 atom stereocenters. The van der Waals surface area contributed by atoms with Crippen LogP contribution in [0.1, 0.15) is 26.2 Å². The monoisotopic (exact) mass is 166 g/mol. The number of ketones is 2. The van der Waals surface area contributed by atoms with Gasteiger partial charge in [0.15, 0.2) is 5.78 Å². The molecule has 0 spiro atoms. The van der Waals surface area contributed by atoms with E-state index in [9.17, 15) is 9.59 Å². The minimum absolute atomic E-state index is 0.0520. The molecule has 2 nitrogen and oxygen atoms in total. The third-order valence-electron chi connectivity index (χ3n) is 1.37. The molecule has 0 heterocycles. The summed E-state index contributed by atoms with van der Waals surface area (Å²) in [6, 6.07) is 0. The van der Waals surface area contributed by atoms with Gasteiger partial charge in [-0.05, 0) is 19.4 Å². The first-order valence-corrected chi connectivity index (χ1v) is 3.98. The Hall–Kier alpha value is -1.18. The molecule has 0 rings (SSSR count). The summed E-state index contributed by atoms with van der Waals surface area (Å²) in [6.45, 7) is 4.98. The van der Waals surface area contributed by atoms with Gasteiger partial charge in [0.25, 0.3) is 0 Å². The van der Waals surface area contributed by atoms with Crippen LogP contribution in [0.5, 0.6) is 0 Å². The molecule has 0 saturated heterocycles. The van der Waals surface area contributed by atoms with Crippen LogP contribution in [-0.2, 0) is 9.59 Å². The summed E-state index contributed by atoms with van der Waals surface area (Å²) in [5, 5.41) is 0. The van der Waals surface area contributed by atoms with Crippen molar-refractivity contribution in [2.75, 3.05) is 0 Å². The second-order valence-electron chi connectivity index (χ2n) is 2.62. The molecule has 0 N–H and O–H groups in total. The Morgan fingerprint density at radius 2 is 2.00 bits per heavy atom. The standard InChI is InChI=1S/C10H14O2/c1-3-4-7-10(12)8-5-6-9(2)11/h3-4,7H,1,5-6,8H2,2H3. The normalized spacial score (nSPS) is 10.1. The molecule has 2 heteroatoms. The first-order valence-electron chi connectivity index (χ1n) is 3.98. The van der Waals surface area contributed by atoms with Gasteiger partial charge in [-0.25, -0.2) is 0 Å². The Labute approximate surface area is 73.0 Å². The third-order valence-corrected chi connectivity index (χ3v) is 1.37. The number of carbonyl (C=O) groups is 2. The smallest absolute Gasteiger partial charge is 0.155 e. The van der Waals surface area contributed by atoms with Gasteiger partial charge in [0.1, 0.15) is 5.78 Å². The average molecular weight is 166 g/mol. The lowest BCUT2D eigenvalue weighted by atomic mass is 10.1. The number of Topliss-reactive ketones (excluding diaryl/α,β-unsaturated/α-hetero) is 1.